The summed E-state index contributed by atoms with van der Waals surface area (Å²) in [5, 5.41) is 4.18. The van der Waals surface area contributed by atoms with Crippen LogP contribution >= 0.6 is 11.6 Å². The molecule has 25 heavy (non-hydrogen) atoms. The van der Waals surface area contributed by atoms with Crippen molar-refractivity contribution in [1.29, 1.82) is 0 Å². The Morgan fingerprint density at radius 1 is 1.16 bits per heavy atom. The minimum atomic E-state index is -0.323. The molecule has 132 valence electrons. The zero-order valence-electron chi connectivity index (χ0n) is 14.1. The van der Waals surface area contributed by atoms with Gasteiger partial charge >= 0.3 is 0 Å². The van der Waals surface area contributed by atoms with Gasteiger partial charge in [0.05, 0.1) is 19.0 Å². The van der Waals surface area contributed by atoms with Gasteiger partial charge in [-0.25, -0.2) is 4.68 Å². The maximum atomic E-state index is 12.6. The number of carbonyl (C=O) groups is 1. The highest BCUT2D eigenvalue weighted by Crippen LogP contribution is 2.22. The molecule has 1 aromatic carbocycles. The summed E-state index contributed by atoms with van der Waals surface area (Å²) in [6.45, 7) is 2.29. The zero-order chi connectivity index (χ0) is 18.0. The number of rotatable bonds is 3. The van der Waals surface area contributed by atoms with E-state index >= 15 is 0 Å². The highest BCUT2D eigenvalue weighted by atomic mass is 35.5. The summed E-state index contributed by atoms with van der Waals surface area (Å²) in [6, 6.07) is 7.06. The number of aromatic nitrogens is 2. The van der Waals surface area contributed by atoms with E-state index in [-0.39, 0.29) is 16.5 Å². The Bertz CT molecular complexity index is 827. The largest absolute Gasteiger partial charge is 0.497 e. The van der Waals surface area contributed by atoms with Gasteiger partial charge < -0.3 is 14.5 Å². The van der Waals surface area contributed by atoms with Crippen molar-refractivity contribution < 1.29 is 9.53 Å². The monoisotopic (exact) mass is 362 g/mol. The second kappa shape index (κ2) is 7.14. The number of benzene rings is 1. The predicted molar refractivity (Wildman–Crippen MR) is 95.6 cm³/mol. The minimum absolute atomic E-state index is 0.0181. The smallest absolute Gasteiger partial charge is 0.287 e. The maximum absolute atomic E-state index is 12.6. The van der Waals surface area contributed by atoms with Gasteiger partial charge in [0.15, 0.2) is 0 Å². The van der Waals surface area contributed by atoms with Crippen LogP contribution in [0.3, 0.4) is 0 Å². The molecule has 1 saturated heterocycles. The molecule has 0 atom stereocenters. The number of ether oxygens (including phenoxy) is 1. The summed E-state index contributed by atoms with van der Waals surface area (Å²) in [6.07, 6.45) is 1.59. The van der Waals surface area contributed by atoms with Gasteiger partial charge in [0.1, 0.15) is 10.8 Å². The first-order valence-corrected chi connectivity index (χ1v) is 8.29. The molecule has 0 radical (unpaired) electrons. The molecule has 7 nitrogen and oxygen atoms in total. The lowest BCUT2D eigenvalue weighted by molar-refractivity contribution is 0.0746. The molecule has 0 aliphatic carbocycles. The first-order chi connectivity index (χ1) is 12.0. The molecule has 2 aromatic rings. The van der Waals surface area contributed by atoms with Crippen LogP contribution in [0, 0.1) is 0 Å². The van der Waals surface area contributed by atoms with Crippen LogP contribution in [0.2, 0.25) is 5.02 Å². The fraction of sp³-hybridized carbons (Fsp3) is 0.353. The average Bonchev–Trinajstić information content (AvgIpc) is 2.66. The predicted octanol–water partition coefficient (Wildman–Crippen LogP) is 1.40. The Balaban J connectivity index is 1.68. The van der Waals surface area contributed by atoms with Crippen molar-refractivity contribution in [2.45, 2.75) is 0 Å². The van der Waals surface area contributed by atoms with Crippen molar-refractivity contribution >= 4 is 23.2 Å². The van der Waals surface area contributed by atoms with Crippen molar-refractivity contribution in [1.82, 2.24) is 14.7 Å². The normalized spacial score (nSPS) is 14.5. The summed E-state index contributed by atoms with van der Waals surface area (Å²) < 4.78 is 6.31. The highest BCUT2D eigenvalue weighted by Gasteiger charge is 2.24. The SMILES string of the molecule is COc1ccc(C(=O)N2CCN(c3cnn(C)c(=O)c3Cl)CC2)cc1. The Hall–Kier alpha value is -2.54. The Morgan fingerprint density at radius 2 is 1.80 bits per heavy atom. The second-order valence-electron chi connectivity index (χ2n) is 5.78. The first kappa shape index (κ1) is 17.3. The number of amides is 1. The van der Waals surface area contributed by atoms with Crippen LogP contribution in [0.5, 0.6) is 5.75 Å². The van der Waals surface area contributed by atoms with Gasteiger partial charge in [0.2, 0.25) is 0 Å². The number of carbonyl (C=O) groups excluding carboxylic acids is 1. The molecule has 0 unspecified atom stereocenters. The van der Waals surface area contributed by atoms with Crippen LogP contribution in [0.15, 0.2) is 35.3 Å². The zero-order valence-corrected chi connectivity index (χ0v) is 14.9. The highest BCUT2D eigenvalue weighted by molar-refractivity contribution is 6.33. The van der Waals surface area contributed by atoms with Gasteiger partial charge in [-0.3, -0.25) is 9.59 Å². The van der Waals surface area contributed by atoms with Crippen LogP contribution in [-0.4, -0.2) is 53.9 Å². The molecule has 1 aromatic heterocycles. The molecule has 0 N–H and O–H groups in total. The Labute approximate surface area is 150 Å². The maximum Gasteiger partial charge on any atom is 0.287 e. The second-order valence-corrected chi connectivity index (χ2v) is 6.16. The molecular formula is C17H19ClN4O3. The third-order valence-electron chi connectivity index (χ3n) is 4.30. The van der Waals surface area contributed by atoms with Crippen LogP contribution in [0.25, 0.3) is 0 Å². The van der Waals surface area contributed by atoms with Crippen LogP contribution in [0.1, 0.15) is 10.4 Å². The van der Waals surface area contributed by atoms with Gasteiger partial charge in [-0.1, -0.05) is 11.6 Å². The summed E-state index contributed by atoms with van der Waals surface area (Å²) >= 11 is 6.15. The van der Waals surface area contributed by atoms with Crippen LogP contribution in [0.4, 0.5) is 5.69 Å². The van der Waals surface area contributed by atoms with E-state index in [1.807, 2.05) is 4.90 Å². The van der Waals surface area contributed by atoms with E-state index in [9.17, 15) is 9.59 Å². The number of anilines is 1. The van der Waals surface area contributed by atoms with Crippen molar-refractivity contribution in [3.63, 3.8) is 0 Å². The van der Waals surface area contributed by atoms with E-state index in [0.717, 1.165) is 0 Å². The van der Waals surface area contributed by atoms with Crippen molar-refractivity contribution in [3.8, 4) is 5.75 Å². The molecule has 2 heterocycles. The minimum Gasteiger partial charge on any atom is -0.497 e. The standard InChI is InChI=1S/C17H19ClN4O3/c1-20-17(24)15(18)14(11-19-20)21-7-9-22(10-8-21)16(23)12-3-5-13(25-2)6-4-12/h3-6,11H,7-10H2,1-2H3. The molecule has 0 saturated carbocycles. The Morgan fingerprint density at radius 3 is 2.40 bits per heavy atom. The quantitative estimate of drug-likeness (QED) is 0.825. The topological polar surface area (TPSA) is 67.7 Å². The molecule has 0 spiro atoms. The van der Waals surface area contributed by atoms with E-state index in [1.54, 1.807) is 49.5 Å². The van der Waals surface area contributed by atoms with Crippen molar-refractivity contribution in [2.75, 3.05) is 38.2 Å². The number of methoxy groups -OCH3 is 1. The van der Waals surface area contributed by atoms with Gasteiger partial charge in [-0.15, -0.1) is 0 Å². The molecule has 3 rings (SSSR count). The molecule has 1 aliphatic heterocycles. The van der Waals surface area contributed by atoms with Crippen LogP contribution < -0.4 is 15.2 Å². The molecule has 1 fully saturated rings. The fourth-order valence-electron chi connectivity index (χ4n) is 2.79. The lowest BCUT2D eigenvalue weighted by Gasteiger charge is -2.36. The average molecular weight is 363 g/mol. The van der Waals surface area contributed by atoms with Gasteiger partial charge in [-0.05, 0) is 24.3 Å². The summed E-state index contributed by atoms with van der Waals surface area (Å²) in [7, 11) is 3.15. The third kappa shape index (κ3) is 3.46. The van der Waals surface area contributed by atoms with E-state index in [0.29, 0.717) is 43.2 Å². The summed E-state index contributed by atoms with van der Waals surface area (Å²) in [5.41, 5.74) is 0.916. The molecule has 8 heteroatoms. The number of halogens is 1. The molecule has 1 aliphatic rings. The summed E-state index contributed by atoms with van der Waals surface area (Å²) in [4.78, 5) is 28.3. The number of hydrogen-bond donors (Lipinski definition) is 0. The van der Waals surface area contributed by atoms with Gasteiger partial charge in [0.25, 0.3) is 11.5 Å². The molecule has 0 bridgehead atoms. The summed E-state index contributed by atoms with van der Waals surface area (Å²) in [5.74, 6) is 0.699. The van der Waals surface area contributed by atoms with E-state index in [1.165, 1.54) is 4.68 Å². The first-order valence-electron chi connectivity index (χ1n) is 7.91. The number of hydrogen-bond acceptors (Lipinski definition) is 5. The third-order valence-corrected chi connectivity index (χ3v) is 4.66. The molecular weight excluding hydrogens is 344 g/mol. The van der Waals surface area contributed by atoms with Crippen molar-refractivity contribution in [2.24, 2.45) is 7.05 Å². The number of nitrogens with zero attached hydrogens (tertiary/aromatic N) is 4. The van der Waals surface area contributed by atoms with E-state index in [4.69, 9.17) is 16.3 Å². The lowest BCUT2D eigenvalue weighted by atomic mass is 10.1. The molecule has 1 amide bonds. The van der Waals surface area contributed by atoms with Gasteiger partial charge in [-0.2, -0.15) is 5.10 Å². The fourth-order valence-corrected chi connectivity index (χ4v) is 3.08. The lowest BCUT2D eigenvalue weighted by Crippen LogP contribution is -2.49. The van der Waals surface area contributed by atoms with E-state index < -0.39 is 0 Å². The van der Waals surface area contributed by atoms with Gasteiger partial charge in [0, 0.05) is 38.8 Å². The number of aryl methyl sites for hydroxylation is 1. The van der Waals surface area contributed by atoms with Crippen molar-refractivity contribution in [3.05, 3.63) is 51.4 Å². The van der Waals surface area contributed by atoms with Crippen LogP contribution in [-0.2, 0) is 7.05 Å². The number of piperazine rings is 1. The van der Waals surface area contributed by atoms with E-state index in [2.05, 4.69) is 5.10 Å². The Kier molecular flexibility index (Phi) is 4.94.